The number of nitrogens with one attached hydrogen (secondary N) is 3. The Balaban J connectivity index is 1.32. The van der Waals surface area contributed by atoms with Gasteiger partial charge in [0.05, 0.1) is 31.8 Å². The van der Waals surface area contributed by atoms with Gasteiger partial charge in [0.1, 0.15) is 11.7 Å². The van der Waals surface area contributed by atoms with Crippen molar-refractivity contribution in [2.24, 2.45) is 15.7 Å². The summed E-state index contributed by atoms with van der Waals surface area (Å²) < 4.78 is 5.37. The number of carbonyl (C=O) groups is 1. The number of rotatable bonds is 7. The van der Waals surface area contributed by atoms with Gasteiger partial charge in [-0.25, -0.2) is 0 Å². The number of hydrogen-bond acceptors (Lipinski definition) is 7. The van der Waals surface area contributed by atoms with Gasteiger partial charge in [-0.2, -0.15) is 0 Å². The van der Waals surface area contributed by atoms with E-state index < -0.39 is 0 Å². The summed E-state index contributed by atoms with van der Waals surface area (Å²) >= 11 is 0. The molecule has 9 nitrogen and oxygen atoms in total. The predicted octanol–water partition coefficient (Wildman–Crippen LogP) is 2.71. The van der Waals surface area contributed by atoms with Crippen LogP contribution in [-0.4, -0.2) is 73.6 Å². The van der Waals surface area contributed by atoms with Crippen molar-refractivity contribution >= 4 is 29.5 Å². The van der Waals surface area contributed by atoms with E-state index in [4.69, 9.17) is 25.9 Å². The maximum absolute atomic E-state index is 12.6. The lowest BCUT2D eigenvalue weighted by Crippen LogP contribution is -2.42. The molecule has 1 fully saturated rings. The van der Waals surface area contributed by atoms with E-state index in [1.54, 1.807) is 0 Å². The van der Waals surface area contributed by atoms with E-state index in [1.165, 1.54) is 12.4 Å². The first-order valence-electron chi connectivity index (χ1n) is 12.9. The second-order valence-corrected chi connectivity index (χ2v) is 9.49. The van der Waals surface area contributed by atoms with E-state index in [0.29, 0.717) is 31.8 Å². The van der Waals surface area contributed by atoms with Crippen LogP contribution in [-0.2, 0) is 9.53 Å². The number of carbonyl (C=O) groups excluding carboxylic acids is 1. The largest absolute Gasteiger partial charge is 0.404 e. The second kappa shape index (κ2) is 12.0. The number of morpholine rings is 1. The minimum Gasteiger partial charge on any atom is -0.404 e. The van der Waals surface area contributed by atoms with Gasteiger partial charge in [0.15, 0.2) is 0 Å². The van der Waals surface area contributed by atoms with Crippen molar-refractivity contribution in [3.05, 3.63) is 89.2 Å². The van der Waals surface area contributed by atoms with Gasteiger partial charge in [-0.1, -0.05) is 48.6 Å². The molecule has 5 N–H and O–H groups in total. The Hall–Kier alpha value is -4.08. The van der Waals surface area contributed by atoms with Crippen molar-refractivity contribution in [3.63, 3.8) is 0 Å². The number of amidine groups is 2. The summed E-state index contributed by atoms with van der Waals surface area (Å²) in [5.74, 6) is 1.50. The Bertz CT molecular complexity index is 1300. The van der Waals surface area contributed by atoms with Gasteiger partial charge in [-0.15, -0.1) is 0 Å². The zero-order chi connectivity index (χ0) is 26.3. The Morgan fingerprint density at radius 1 is 1.32 bits per heavy atom. The quantitative estimate of drug-likeness (QED) is 0.419. The molecule has 5 rings (SSSR count). The molecule has 1 amide bonds. The molecule has 2 aliphatic carbocycles. The van der Waals surface area contributed by atoms with Crippen LogP contribution in [0.2, 0.25) is 0 Å². The van der Waals surface area contributed by atoms with Gasteiger partial charge in [-0.05, 0) is 30.5 Å². The molecule has 0 radical (unpaired) electrons. The number of aliphatic imine (C=N–C) groups is 2. The Morgan fingerprint density at radius 3 is 2.95 bits per heavy atom. The number of amides is 1. The fourth-order valence-corrected chi connectivity index (χ4v) is 4.82. The molecular weight excluding hydrogens is 478 g/mol. The second-order valence-electron chi connectivity index (χ2n) is 9.49. The standard InChI is InChI=1S/C29H33N7O2/c30-17-22(18-31)20-8-10-23(11-9-20)33-29-25-6-1-2-7-26(25)34-28(35-29)21-4-3-5-24(16-21)32-27(37)19-36-12-14-38-15-13-36/h1-6,8-10,16-18,23,26,30H,7,11-15,19,31H2,(H,32,37)(H,33,34,35). The van der Waals surface area contributed by atoms with E-state index in [-0.39, 0.29) is 18.0 Å². The van der Waals surface area contributed by atoms with Crippen molar-refractivity contribution < 1.29 is 9.53 Å². The van der Waals surface area contributed by atoms with Crippen LogP contribution in [0.3, 0.4) is 0 Å². The van der Waals surface area contributed by atoms with Crippen molar-refractivity contribution in [2.75, 3.05) is 38.2 Å². The van der Waals surface area contributed by atoms with Gasteiger partial charge in [-0.3, -0.25) is 19.7 Å². The highest BCUT2D eigenvalue weighted by atomic mass is 16.5. The van der Waals surface area contributed by atoms with E-state index in [0.717, 1.165) is 53.6 Å². The molecule has 1 saturated heterocycles. The third kappa shape index (κ3) is 6.07. The molecule has 1 aromatic carbocycles. The molecule has 0 spiro atoms. The minimum absolute atomic E-state index is 0.0158. The first-order chi connectivity index (χ1) is 18.6. The molecule has 2 unspecified atom stereocenters. The molecule has 2 heterocycles. The lowest BCUT2D eigenvalue weighted by molar-refractivity contribution is -0.118. The third-order valence-electron chi connectivity index (χ3n) is 6.86. The molecule has 9 heteroatoms. The van der Waals surface area contributed by atoms with Crippen LogP contribution in [0.1, 0.15) is 18.4 Å². The Labute approximate surface area is 222 Å². The van der Waals surface area contributed by atoms with E-state index in [9.17, 15) is 4.79 Å². The summed E-state index contributed by atoms with van der Waals surface area (Å²) in [5.41, 5.74) is 9.95. The summed E-state index contributed by atoms with van der Waals surface area (Å²) in [6.07, 6.45) is 16.5. The molecule has 2 aliphatic heterocycles. The predicted molar refractivity (Wildman–Crippen MR) is 152 cm³/mol. The van der Waals surface area contributed by atoms with Gasteiger partial charge in [0.2, 0.25) is 5.91 Å². The molecule has 38 heavy (non-hydrogen) atoms. The number of allylic oxidation sites excluding steroid dienone is 5. The summed E-state index contributed by atoms with van der Waals surface area (Å²) in [7, 11) is 0. The normalized spacial score (nSPS) is 24.6. The summed E-state index contributed by atoms with van der Waals surface area (Å²) in [6.45, 7) is 3.20. The van der Waals surface area contributed by atoms with Crippen LogP contribution in [0.25, 0.3) is 0 Å². The van der Waals surface area contributed by atoms with Gasteiger partial charge in [0, 0.05) is 47.9 Å². The molecule has 0 bridgehead atoms. The van der Waals surface area contributed by atoms with E-state index in [1.807, 2.05) is 42.5 Å². The third-order valence-corrected chi connectivity index (χ3v) is 6.86. The van der Waals surface area contributed by atoms with E-state index in [2.05, 4.69) is 33.8 Å². The van der Waals surface area contributed by atoms with E-state index >= 15 is 0 Å². The lowest BCUT2D eigenvalue weighted by atomic mass is 9.95. The maximum atomic E-state index is 12.6. The Kier molecular flexibility index (Phi) is 8.06. The number of benzene rings is 1. The average molecular weight is 512 g/mol. The molecule has 196 valence electrons. The lowest BCUT2D eigenvalue weighted by Gasteiger charge is -2.29. The fraction of sp³-hybridized carbons (Fsp3) is 0.310. The van der Waals surface area contributed by atoms with Crippen molar-refractivity contribution in [3.8, 4) is 0 Å². The SMILES string of the molecule is N=CC(=CN)C1=CCC(N=C2NC(c3cccc(NC(=O)CN4CCOCC4)c3)=NC3CC=CC=C23)C=C1. The van der Waals surface area contributed by atoms with Crippen LogP contribution in [0, 0.1) is 5.41 Å². The Morgan fingerprint density at radius 2 is 2.18 bits per heavy atom. The summed E-state index contributed by atoms with van der Waals surface area (Å²) in [6, 6.07) is 7.70. The highest BCUT2D eigenvalue weighted by Crippen LogP contribution is 2.25. The van der Waals surface area contributed by atoms with Gasteiger partial charge in [0.25, 0.3) is 0 Å². The summed E-state index contributed by atoms with van der Waals surface area (Å²) in [5, 5.41) is 14.0. The zero-order valence-corrected chi connectivity index (χ0v) is 21.3. The monoisotopic (exact) mass is 511 g/mol. The van der Waals surface area contributed by atoms with Crippen LogP contribution in [0.5, 0.6) is 0 Å². The molecule has 4 aliphatic rings. The highest BCUT2D eigenvalue weighted by molar-refractivity contribution is 6.17. The number of fused-ring (bicyclic) bond motifs is 1. The molecular formula is C29H33N7O2. The van der Waals surface area contributed by atoms with Crippen LogP contribution in [0.4, 0.5) is 5.69 Å². The van der Waals surface area contributed by atoms with Crippen LogP contribution >= 0.6 is 0 Å². The molecule has 0 saturated carbocycles. The maximum Gasteiger partial charge on any atom is 0.238 e. The van der Waals surface area contributed by atoms with Crippen LogP contribution < -0.4 is 16.4 Å². The smallest absolute Gasteiger partial charge is 0.238 e. The number of nitrogens with two attached hydrogens (primary N) is 1. The molecule has 0 aromatic heterocycles. The topological polar surface area (TPSA) is 128 Å². The molecule has 2 atom stereocenters. The fourth-order valence-electron chi connectivity index (χ4n) is 4.82. The van der Waals surface area contributed by atoms with Crippen molar-refractivity contribution in [1.82, 2.24) is 10.2 Å². The van der Waals surface area contributed by atoms with Crippen molar-refractivity contribution in [2.45, 2.75) is 24.9 Å². The molecule has 1 aromatic rings. The number of ether oxygens (including phenoxy) is 1. The first-order valence-corrected chi connectivity index (χ1v) is 12.9. The van der Waals surface area contributed by atoms with Crippen LogP contribution in [0.15, 0.2) is 93.6 Å². The summed E-state index contributed by atoms with van der Waals surface area (Å²) in [4.78, 5) is 24.7. The van der Waals surface area contributed by atoms with Gasteiger partial charge >= 0.3 is 0 Å². The minimum atomic E-state index is -0.0420. The van der Waals surface area contributed by atoms with Crippen molar-refractivity contribution in [1.29, 1.82) is 5.41 Å². The number of anilines is 1. The number of hydrogen-bond donors (Lipinski definition) is 4. The number of nitrogens with zero attached hydrogens (tertiary/aromatic N) is 3. The van der Waals surface area contributed by atoms with Gasteiger partial charge < -0.3 is 26.5 Å². The average Bonchev–Trinajstić information content (AvgIpc) is 2.95. The highest BCUT2D eigenvalue weighted by Gasteiger charge is 2.27. The first kappa shape index (κ1) is 25.6. The zero-order valence-electron chi connectivity index (χ0n) is 21.3.